The van der Waals surface area contributed by atoms with Gasteiger partial charge in [0.05, 0.1) is 16.6 Å². The van der Waals surface area contributed by atoms with Crippen LogP contribution in [-0.4, -0.2) is 17.4 Å². The van der Waals surface area contributed by atoms with Crippen LogP contribution in [0.15, 0.2) is 47.8 Å². The molecule has 3 rings (SSSR count). The fourth-order valence-electron chi connectivity index (χ4n) is 2.83. The summed E-state index contributed by atoms with van der Waals surface area (Å²) in [6, 6.07) is 7.37. The lowest BCUT2D eigenvalue weighted by molar-refractivity contribution is 0.587. The summed E-state index contributed by atoms with van der Waals surface area (Å²) in [5, 5.41) is 0.857. The first kappa shape index (κ1) is 13.8. The van der Waals surface area contributed by atoms with Gasteiger partial charge in [0.2, 0.25) is 0 Å². The first-order valence-corrected chi connectivity index (χ1v) is 8.10. The summed E-state index contributed by atoms with van der Waals surface area (Å²) >= 11 is 0. The third-order valence-corrected chi connectivity index (χ3v) is 5.58. The molecular weight excluding hydrogens is 284 g/mol. The van der Waals surface area contributed by atoms with E-state index in [0.717, 1.165) is 22.1 Å². The molecule has 0 bridgehead atoms. The molecule has 0 aliphatic rings. The Bertz CT molecular complexity index is 917. The van der Waals surface area contributed by atoms with Crippen molar-refractivity contribution in [1.29, 1.82) is 0 Å². The van der Waals surface area contributed by atoms with Crippen molar-refractivity contribution < 1.29 is 8.42 Å². The molecule has 0 saturated heterocycles. The molecule has 2 heterocycles. The van der Waals surface area contributed by atoms with Gasteiger partial charge in [-0.3, -0.25) is 4.98 Å². The molecule has 1 aromatic carbocycles. The summed E-state index contributed by atoms with van der Waals surface area (Å²) < 4.78 is 27.3. The fourth-order valence-corrected chi connectivity index (χ4v) is 4.59. The summed E-state index contributed by atoms with van der Waals surface area (Å²) in [5.41, 5.74) is 3.18. The van der Waals surface area contributed by atoms with Gasteiger partial charge in [0.1, 0.15) is 0 Å². The quantitative estimate of drug-likeness (QED) is 0.730. The van der Waals surface area contributed by atoms with E-state index >= 15 is 0 Å². The number of fused-ring (bicyclic) bond motifs is 1. The molecule has 0 spiro atoms. The van der Waals surface area contributed by atoms with Crippen molar-refractivity contribution in [2.24, 2.45) is 0 Å². The number of pyridine rings is 1. The lowest BCUT2D eigenvalue weighted by atomic mass is 10.1. The third-order valence-electron chi connectivity index (χ3n) is 3.58. The largest absolute Gasteiger partial charge is 0.268 e. The van der Waals surface area contributed by atoms with Gasteiger partial charge in [0.15, 0.2) is 0 Å². The zero-order valence-electron chi connectivity index (χ0n) is 12.2. The maximum atomic E-state index is 13.0. The fraction of sp³-hybridized carbons (Fsp3) is 0.188. The van der Waals surface area contributed by atoms with Gasteiger partial charge in [0, 0.05) is 17.8 Å². The molecule has 5 heteroatoms. The van der Waals surface area contributed by atoms with E-state index in [1.165, 1.54) is 3.97 Å². The Kier molecular flexibility index (Phi) is 3.10. The molecule has 3 aromatic rings. The maximum Gasteiger partial charge on any atom is 0.268 e. The van der Waals surface area contributed by atoms with E-state index in [1.54, 1.807) is 30.7 Å². The van der Waals surface area contributed by atoms with E-state index in [2.05, 4.69) is 4.98 Å². The Balaban J connectivity index is 2.32. The van der Waals surface area contributed by atoms with Gasteiger partial charge in [-0.1, -0.05) is 17.7 Å². The molecule has 2 aromatic heterocycles. The zero-order chi connectivity index (χ0) is 15.2. The second-order valence-electron chi connectivity index (χ2n) is 5.28. The average Bonchev–Trinajstić information content (AvgIpc) is 2.81. The molecule has 0 fully saturated rings. The molecule has 0 radical (unpaired) electrons. The molecule has 4 nitrogen and oxygen atoms in total. The second-order valence-corrected chi connectivity index (χ2v) is 7.03. The van der Waals surface area contributed by atoms with Crippen molar-refractivity contribution in [3.05, 3.63) is 59.5 Å². The third kappa shape index (κ3) is 2.14. The number of rotatable bonds is 2. The minimum absolute atomic E-state index is 0.370. The van der Waals surface area contributed by atoms with Crippen molar-refractivity contribution in [2.75, 3.05) is 0 Å². The topological polar surface area (TPSA) is 52.0 Å². The molecule has 0 saturated carbocycles. The lowest BCUT2D eigenvalue weighted by Crippen LogP contribution is -2.15. The van der Waals surface area contributed by atoms with Gasteiger partial charge < -0.3 is 0 Å². The van der Waals surface area contributed by atoms with Crippen LogP contribution in [-0.2, 0) is 10.0 Å². The Labute approximate surface area is 124 Å². The van der Waals surface area contributed by atoms with Gasteiger partial charge in [-0.05, 0) is 44.0 Å². The summed E-state index contributed by atoms with van der Waals surface area (Å²) in [5.74, 6) is 0. The minimum atomic E-state index is -3.62. The first-order valence-electron chi connectivity index (χ1n) is 6.66. The molecule has 0 atom stereocenters. The standard InChI is InChI=1S/C16H16N2O2S/c1-11-8-12(2)16(13(3)9-11)21(19,20)18-7-5-14-4-6-17-10-15(14)18/h4-10H,1-3H3. The molecular formula is C16H16N2O2S. The van der Waals surface area contributed by atoms with Crippen LogP contribution in [0.1, 0.15) is 16.7 Å². The van der Waals surface area contributed by atoms with E-state index in [4.69, 9.17) is 0 Å². The van der Waals surface area contributed by atoms with Gasteiger partial charge in [0.25, 0.3) is 10.0 Å². The first-order chi connectivity index (χ1) is 9.91. The molecule has 0 unspecified atom stereocenters. The molecule has 21 heavy (non-hydrogen) atoms. The molecule has 108 valence electrons. The summed E-state index contributed by atoms with van der Waals surface area (Å²) in [6.07, 6.45) is 4.81. The maximum absolute atomic E-state index is 13.0. The molecule has 0 N–H and O–H groups in total. The number of hydrogen-bond donors (Lipinski definition) is 0. The van der Waals surface area contributed by atoms with E-state index in [9.17, 15) is 8.42 Å². The number of nitrogens with zero attached hydrogens (tertiary/aromatic N) is 2. The van der Waals surface area contributed by atoms with Gasteiger partial charge in [-0.2, -0.15) is 0 Å². The van der Waals surface area contributed by atoms with Crippen molar-refractivity contribution in [3.8, 4) is 0 Å². The van der Waals surface area contributed by atoms with Crippen molar-refractivity contribution >= 4 is 20.9 Å². The smallest absolute Gasteiger partial charge is 0.262 e. The monoisotopic (exact) mass is 300 g/mol. The minimum Gasteiger partial charge on any atom is -0.262 e. The predicted octanol–water partition coefficient (Wildman–Crippen LogP) is 3.20. The van der Waals surface area contributed by atoms with Crippen LogP contribution in [0.4, 0.5) is 0 Å². The van der Waals surface area contributed by atoms with Crippen LogP contribution in [0.3, 0.4) is 0 Å². The summed E-state index contributed by atoms with van der Waals surface area (Å²) in [4.78, 5) is 4.40. The normalized spacial score (nSPS) is 12.0. The molecule has 0 amide bonds. The highest BCUT2D eigenvalue weighted by atomic mass is 32.2. The summed E-state index contributed by atoms with van der Waals surface area (Å²) in [6.45, 7) is 5.62. The molecule has 0 aliphatic carbocycles. The Morgan fingerprint density at radius 3 is 2.38 bits per heavy atom. The van der Waals surface area contributed by atoms with Crippen molar-refractivity contribution in [3.63, 3.8) is 0 Å². The lowest BCUT2D eigenvalue weighted by Gasteiger charge is -2.13. The average molecular weight is 300 g/mol. The Morgan fingerprint density at radius 1 is 1.05 bits per heavy atom. The van der Waals surface area contributed by atoms with Gasteiger partial charge >= 0.3 is 0 Å². The van der Waals surface area contributed by atoms with Crippen LogP contribution < -0.4 is 0 Å². The van der Waals surface area contributed by atoms with E-state index in [1.807, 2.05) is 32.9 Å². The summed E-state index contributed by atoms with van der Waals surface area (Å²) in [7, 11) is -3.62. The highest BCUT2D eigenvalue weighted by Crippen LogP contribution is 2.27. The Hall–Kier alpha value is -2.14. The van der Waals surface area contributed by atoms with E-state index in [0.29, 0.717) is 10.4 Å². The van der Waals surface area contributed by atoms with E-state index in [-0.39, 0.29) is 0 Å². The van der Waals surface area contributed by atoms with Crippen LogP contribution in [0.5, 0.6) is 0 Å². The number of aryl methyl sites for hydroxylation is 3. The Morgan fingerprint density at radius 2 is 1.71 bits per heavy atom. The van der Waals surface area contributed by atoms with Gasteiger partial charge in [-0.25, -0.2) is 12.4 Å². The van der Waals surface area contributed by atoms with Crippen LogP contribution >= 0.6 is 0 Å². The second kappa shape index (κ2) is 4.70. The van der Waals surface area contributed by atoms with Crippen LogP contribution in [0, 0.1) is 20.8 Å². The number of aromatic nitrogens is 2. The van der Waals surface area contributed by atoms with E-state index < -0.39 is 10.0 Å². The number of hydrogen-bond acceptors (Lipinski definition) is 3. The molecule has 0 aliphatic heterocycles. The van der Waals surface area contributed by atoms with Crippen molar-refractivity contribution in [1.82, 2.24) is 8.96 Å². The highest BCUT2D eigenvalue weighted by molar-refractivity contribution is 7.90. The number of benzene rings is 1. The van der Waals surface area contributed by atoms with Crippen molar-refractivity contribution in [2.45, 2.75) is 25.7 Å². The van der Waals surface area contributed by atoms with Gasteiger partial charge in [-0.15, -0.1) is 0 Å². The highest BCUT2D eigenvalue weighted by Gasteiger charge is 2.23. The SMILES string of the molecule is Cc1cc(C)c(S(=O)(=O)n2ccc3ccncc32)c(C)c1. The van der Waals surface area contributed by atoms with Crippen LogP contribution in [0.25, 0.3) is 10.9 Å². The predicted molar refractivity (Wildman–Crippen MR) is 83.0 cm³/mol. The van der Waals surface area contributed by atoms with Crippen LogP contribution in [0.2, 0.25) is 0 Å². The zero-order valence-corrected chi connectivity index (χ0v) is 13.0.